The smallest absolute Gasteiger partial charge is 0.246 e. The molecule has 0 aliphatic rings. The Kier molecular flexibility index (Phi) is 5.58. The summed E-state index contributed by atoms with van der Waals surface area (Å²) in [5.41, 5.74) is 1.13. The number of sulfonamides is 1. The molecule has 2 aromatic rings. The predicted molar refractivity (Wildman–Crippen MR) is 93.0 cm³/mol. The van der Waals surface area contributed by atoms with Gasteiger partial charge >= 0.3 is 0 Å². The van der Waals surface area contributed by atoms with Crippen LogP contribution in [-0.4, -0.2) is 26.6 Å². The first-order valence-electron chi connectivity index (χ1n) is 7.24. The number of halogens is 2. The molecule has 0 aliphatic carbocycles. The molecule has 0 fully saturated rings. The quantitative estimate of drug-likeness (QED) is 0.731. The Morgan fingerprint density at radius 1 is 0.960 bits per heavy atom. The molecule has 0 heterocycles. The van der Waals surface area contributed by atoms with Crippen molar-refractivity contribution >= 4 is 33.0 Å². The Bertz CT molecular complexity index is 871. The molecule has 0 saturated carbocycles. The maximum atomic E-state index is 13.1. The number of amides is 1. The summed E-state index contributed by atoms with van der Waals surface area (Å²) in [6.45, 7) is 1.60. The fourth-order valence-corrected chi connectivity index (χ4v) is 2.55. The molecule has 1 atom stereocenters. The second-order valence-electron chi connectivity index (χ2n) is 5.44. The summed E-state index contributed by atoms with van der Waals surface area (Å²) in [6.07, 6.45) is 1.05. The van der Waals surface area contributed by atoms with Gasteiger partial charge in [0.25, 0.3) is 0 Å². The van der Waals surface area contributed by atoms with Gasteiger partial charge in [-0.05, 0) is 43.3 Å². The second-order valence-corrected chi connectivity index (χ2v) is 7.18. The highest BCUT2D eigenvalue weighted by molar-refractivity contribution is 7.92. The topological polar surface area (TPSA) is 87.3 Å². The van der Waals surface area contributed by atoms with Crippen molar-refractivity contribution in [3.8, 4) is 0 Å². The van der Waals surface area contributed by atoms with Gasteiger partial charge in [-0.2, -0.15) is 0 Å². The molecule has 6 nitrogen and oxygen atoms in total. The van der Waals surface area contributed by atoms with Crippen LogP contribution in [0.1, 0.15) is 6.92 Å². The van der Waals surface area contributed by atoms with Crippen LogP contribution in [0.4, 0.5) is 25.8 Å². The van der Waals surface area contributed by atoms with Gasteiger partial charge in [-0.15, -0.1) is 0 Å². The van der Waals surface area contributed by atoms with Gasteiger partial charge in [-0.25, -0.2) is 17.2 Å². The summed E-state index contributed by atoms with van der Waals surface area (Å²) in [6, 6.07) is 8.72. The molecule has 0 bridgehead atoms. The number of hydrogen-bond acceptors (Lipinski definition) is 4. The van der Waals surface area contributed by atoms with E-state index in [4.69, 9.17) is 0 Å². The number of nitrogens with one attached hydrogen (secondary N) is 3. The van der Waals surface area contributed by atoms with Gasteiger partial charge in [0.2, 0.25) is 15.9 Å². The van der Waals surface area contributed by atoms with E-state index in [-0.39, 0.29) is 5.69 Å². The van der Waals surface area contributed by atoms with Crippen molar-refractivity contribution in [2.45, 2.75) is 13.0 Å². The highest BCUT2D eigenvalue weighted by Gasteiger charge is 2.14. The van der Waals surface area contributed by atoms with E-state index < -0.39 is 33.6 Å². The average Bonchev–Trinajstić information content (AvgIpc) is 2.51. The molecule has 0 spiro atoms. The van der Waals surface area contributed by atoms with E-state index in [0.717, 1.165) is 18.4 Å². The third-order valence-corrected chi connectivity index (χ3v) is 3.76. The van der Waals surface area contributed by atoms with Crippen LogP contribution in [0.25, 0.3) is 0 Å². The first kappa shape index (κ1) is 18.7. The molecule has 0 unspecified atom stereocenters. The van der Waals surface area contributed by atoms with Crippen LogP contribution in [0.2, 0.25) is 0 Å². The van der Waals surface area contributed by atoms with Crippen LogP contribution in [0.15, 0.2) is 42.5 Å². The van der Waals surface area contributed by atoms with Crippen molar-refractivity contribution < 1.29 is 22.0 Å². The van der Waals surface area contributed by atoms with Gasteiger partial charge in [-0.3, -0.25) is 9.52 Å². The van der Waals surface area contributed by atoms with Gasteiger partial charge < -0.3 is 10.6 Å². The molecule has 2 rings (SSSR count). The van der Waals surface area contributed by atoms with E-state index in [1.807, 2.05) is 0 Å². The fourth-order valence-electron chi connectivity index (χ4n) is 1.99. The molecule has 2 aromatic carbocycles. The number of benzene rings is 2. The van der Waals surface area contributed by atoms with E-state index in [1.165, 1.54) is 6.07 Å². The molecular formula is C16H17F2N3O3S. The Labute approximate surface area is 144 Å². The minimum Gasteiger partial charge on any atom is -0.374 e. The van der Waals surface area contributed by atoms with Crippen LogP contribution in [0, 0.1) is 11.6 Å². The summed E-state index contributed by atoms with van der Waals surface area (Å²) in [5.74, 6) is -2.48. The highest BCUT2D eigenvalue weighted by atomic mass is 32.2. The van der Waals surface area contributed by atoms with Crippen molar-refractivity contribution in [3.63, 3.8) is 0 Å². The predicted octanol–water partition coefficient (Wildman–Crippen LogP) is 2.78. The zero-order valence-electron chi connectivity index (χ0n) is 13.5. The Morgan fingerprint density at radius 2 is 1.52 bits per heavy atom. The molecule has 0 aliphatic heterocycles. The summed E-state index contributed by atoms with van der Waals surface area (Å²) in [7, 11) is -3.36. The van der Waals surface area contributed by atoms with Gasteiger partial charge in [0.15, 0.2) is 11.6 Å². The fraction of sp³-hybridized carbons (Fsp3) is 0.188. The number of anilines is 3. The molecule has 1 amide bonds. The molecule has 134 valence electrons. The number of carbonyl (C=O) groups is 1. The molecular weight excluding hydrogens is 352 g/mol. The molecule has 25 heavy (non-hydrogen) atoms. The van der Waals surface area contributed by atoms with E-state index in [1.54, 1.807) is 31.2 Å². The largest absolute Gasteiger partial charge is 0.374 e. The number of rotatable bonds is 6. The first-order valence-corrected chi connectivity index (χ1v) is 9.13. The lowest BCUT2D eigenvalue weighted by Gasteiger charge is -2.16. The van der Waals surface area contributed by atoms with E-state index >= 15 is 0 Å². The van der Waals surface area contributed by atoms with Crippen molar-refractivity contribution in [1.29, 1.82) is 0 Å². The maximum absolute atomic E-state index is 13.1. The Morgan fingerprint density at radius 3 is 2.08 bits per heavy atom. The van der Waals surface area contributed by atoms with Crippen molar-refractivity contribution in [1.82, 2.24) is 0 Å². The number of carbonyl (C=O) groups excluding carboxylic acids is 1. The SMILES string of the molecule is C[C@H](Nc1ccc(NS(C)(=O)=O)cc1)C(=O)Nc1ccc(F)c(F)c1. The molecule has 3 N–H and O–H groups in total. The summed E-state index contributed by atoms with van der Waals surface area (Å²) in [5, 5.41) is 5.39. The monoisotopic (exact) mass is 369 g/mol. The summed E-state index contributed by atoms with van der Waals surface area (Å²) < 4.78 is 50.6. The first-order chi connectivity index (χ1) is 11.6. The maximum Gasteiger partial charge on any atom is 0.246 e. The van der Waals surface area contributed by atoms with Crippen LogP contribution in [0.5, 0.6) is 0 Å². The van der Waals surface area contributed by atoms with Crippen molar-refractivity contribution in [2.75, 3.05) is 21.6 Å². The summed E-state index contributed by atoms with van der Waals surface area (Å²) in [4.78, 5) is 12.1. The standard InChI is InChI=1S/C16H17F2N3O3S/c1-10(16(22)20-13-7-8-14(17)15(18)9-13)19-11-3-5-12(6-4-11)21-25(2,23)24/h3-10,19,21H,1-2H3,(H,20,22)/t10-/m0/s1. The molecule has 0 saturated heterocycles. The normalized spacial score (nSPS) is 12.3. The number of hydrogen-bond donors (Lipinski definition) is 3. The zero-order valence-corrected chi connectivity index (χ0v) is 14.3. The van der Waals surface area contributed by atoms with Gasteiger partial charge in [0, 0.05) is 23.1 Å². The third-order valence-electron chi connectivity index (χ3n) is 3.15. The summed E-state index contributed by atoms with van der Waals surface area (Å²) >= 11 is 0. The lowest BCUT2D eigenvalue weighted by molar-refractivity contribution is -0.116. The minimum absolute atomic E-state index is 0.144. The lowest BCUT2D eigenvalue weighted by Crippen LogP contribution is -2.31. The van der Waals surface area contributed by atoms with Crippen LogP contribution in [0.3, 0.4) is 0 Å². The molecule has 9 heteroatoms. The molecule has 0 radical (unpaired) electrons. The minimum atomic E-state index is -3.36. The van der Waals surface area contributed by atoms with E-state index in [9.17, 15) is 22.0 Å². The molecule has 0 aromatic heterocycles. The van der Waals surface area contributed by atoms with Gasteiger partial charge in [0.1, 0.15) is 6.04 Å². The Balaban J connectivity index is 1.97. The Hall–Kier alpha value is -2.68. The lowest BCUT2D eigenvalue weighted by atomic mass is 10.2. The van der Waals surface area contributed by atoms with Crippen LogP contribution in [-0.2, 0) is 14.8 Å². The van der Waals surface area contributed by atoms with Gasteiger partial charge in [0.05, 0.1) is 6.26 Å². The highest BCUT2D eigenvalue weighted by Crippen LogP contribution is 2.17. The van der Waals surface area contributed by atoms with E-state index in [0.29, 0.717) is 11.4 Å². The van der Waals surface area contributed by atoms with E-state index in [2.05, 4.69) is 15.4 Å². The van der Waals surface area contributed by atoms with Crippen LogP contribution >= 0.6 is 0 Å². The third kappa shape index (κ3) is 5.71. The van der Waals surface area contributed by atoms with Gasteiger partial charge in [-0.1, -0.05) is 0 Å². The average molecular weight is 369 g/mol. The van der Waals surface area contributed by atoms with Crippen molar-refractivity contribution in [3.05, 3.63) is 54.1 Å². The zero-order chi connectivity index (χ0) is 18.6. The second kappa shape index (κ2) is 7.47. The van der Waals surface area contributed by atoms with Crippen LogP contribution < -0.4 is 15.4 Å². The van der Waals surface area contributed by atoms with Crippen molar-refractivity contribution in [2.24, 2.45) is 0 Å².